The topological polar surface area (TPSA) is 70.4 Å². The molecule has 0 atom stereocenters. The summed E-state index contributed by atoms with van der Waals surface area (Å²) in [6.45, 7) is 2.06. The number of aromatic nitrogens is 2. The normalized spacial score (nSPS) is 11.2. The molecule has 0 saturated heterocycles. The van der Waals surface area contributed by atoms with E-state index in [2.05, 4.69) is 16.9 Å². The fourth-order valence-corrected chi connectivity index (χ4v) is 2.73. The highest BCUT2D eigenvalue weighted by atomic mass is 32.1. The van der Waals surface area contributed by atoms with E-state index in [0.717, 1.165) is 6.42 Å². The zero-order chi connectivity index (χ0) is 18.7. The third-order valence-electron chi connectivity index (χ3n) is 3.89. The predicted octanol–water partition coefficient (Wildman–Crippen LogP) is 4.05. The van der Waals surface area contributed by atoms with Crippen molar-refractivity contribution in [1.82, 2.24) is 9.55 Å². The number of halogens is 1. The van der Waals surface area contributed by atoms with Crippen molar-refractivity contribution in [2.24, 2.45) is 4.99 Å². The molecule has 0 unspecified atom stereocenters. The smallest absolute Gasteiger partial charge is 0.264 e. The van der Waals surface area contributed by atoms with Crippen molar-refractivity contribution >= 4 is 24.1 Å². The summed E-state index contributed by atoms with van der Waals surface area (Å²) in [5.41, 5.74) is 1.65. The number of aryl methyl sites for hydroxylation is 1. The molecule has 2 aromatic carbocycles. The molecule has 0 bridgehead atoms. The molecule has 1 aromatic heterocycles. The minimum atomic E-state index is -0.556. The Balaban J connectivity index is 2.05. The molecule has 3 aromatic rings. The van der Waals surface area contributed by atoms with Crippen molar-refractivity contribution < 1.29 is 9.50 Å². The van der Waals surface area contributed by atoms with Crippen LogP contribution in [0.1, 0.15) is 18.1 Å². The fourth-order valence-electron chi connectivity index (χ4n) is 2.44. The van der Waals surface area contributed by atoms with Gasteiger partial charge < -0.3 is 5.11 Å². The molecule has 2 N–H and O–H groups in total. The molecule has 3 rings (SSSR count). The van der Waals surface area contributed by atoms with Gasteiger partial charge in [-0.1, -0.05) is 19.1 Å². The van der Waals surface area contributed by atoms with Gasteiger partial charge in [-0.2, -0.15) is 0 Å². The Labute approximate surface area is 154 Å². The summed E-state index contributed by atoms with van der Waals surface area (Å²) in [5, 5.41) is 10.5. The van der Waals surface area contributed by atoms with E-state index in [-0.39, 0.29) is 16.2 Å². The van der Waals surface area contributed by atoms with E-state index in [1.165, 1.54) is 40.6 Å². The molecule has 0 aliphatic rings. The number of aliphatic imine (C=N–C) groups is 1. The van der Waals surface area contributed by atoms with Gasteiger partial charge in [-0.3, -0.25) is 19.3 Å². The van der Waals surface area contributed by atoms with E-state index in [9.17, 15) is 14.3 Å². The number of aromatic hydroxyl groups is 1. The van der Waals surface area contributed by atoms with Crippen molar-refractivity contribution in [3.63, 3.8) is 0 Å². The van der Waals surface area contributed by atoms with E-state index in [0.29, 0.717) is 11.4 Å². The first-order valence-corrected chi connectivity index (χ1v) is 8.37. The number of nitrogens with zero attached hydrogens (tertiary/aromatic N) is 2. The maximum absolute atomic E-state index is 13.1. The van der Waals surface area contributed by atoms with E-state index in [1.807, 2.05) is 24.3 Å². The first-order valence-electron chi connectivity index (χ1n) is 7.97. The standard InChI is InChI=1S/C19H16FN3O2S/c1-2-12-3-7-14(8-4-12)21-11-16-17(24)22-19(26)23(18(16)25)15-9-5-13(20)6-10-15/h3-11,25H,2H2,1H3,(H,22,24,26). The third kappa shape index (κ3) is 3.62. The predicted molar refractivity (Wildman–Crippen MR) is 102 cm³/mol. The highest BCUT2D eigenvalue weighted by Gasteiger charge is 2.12. The zero-order valence-corrected chi connectivity index (χ0v) is 14.8. The fraction of sp³-hybridized carbons (Fsp3) is 0.105. The van der Waals surface area contributed by atoms with Crippen LogP contribution in [0.2, 0.25) is 0 Å². The Bertz CT molecular complexity index is 1070. The average Bonchev–Trinajstić information content (AvgIpc) is 2.63. The van der Waals surface area contributed by atoms with Crippen LogP contribution in [0, 0.1) is 10.6 Å². The molecular weight excluding hydrogens is 353 g/mol. The molecular formula is C19H16FN3O2S. The number of rotatable bonds is 4. The number of hydrogen-bond donors (Lipinski definition) is 2. The SMILES string of the molecule is CCc1ccc(N=Cc2c(O)n(-c3ccc(F)cc3)c(=S)[nH]c2=O)cc1. The van der Waals surface area contributed by atoms with Crippen molar-refractivity contribution in [3.05, 3.63) is 80.6 Å². The first-order chi connectivity index (χ1) is 12.5. The summed E-state index contributed by atoms with van der Waals surface area (Å²) in [6, 6.07) is 12.9. The van der Waals surface area contributed by atoms with Gasteiger partial charge in [0.05, 0.1) is 11.4 Å². The van der Waals surface area contributed by atoms with Gasteiger partial charge >= 0.3 is 0 Å². The lowest BCUT2D eigenvalue weighted by Gasteiger charge is -2.11. The highest BCUT2D eigenvalue weighted by molar-refractivity contribution is 7.71. The molecule has 0 fully saturated rings. The van der Waals surface area contributed by atoms with Gasteiger partial charge in [0.25, 0.3) is 5.56 Å². The van der Waals surface area contributed by atoms with Gasteiger partial charge in [0.1, 0.15) is 11.4 Å². The van der Waals surface area contributed by atoms with Crippen LogP contribution in [-0.2, 0) is 6.42 Å². The molecule has 132 valence electrons. The molecule has 5 nitrogen and oxygen atoms in total. The first kappa shape index (κ1) is 17.8. The van der Waals surface area contributed by atoms with Gasteiger partial charge in [0, 0.05) is 6.21 Å². The number of benzene rings is 2. The minimum Gasteiger partial charge on any atom is -0.494 e. The van der Waals surface area contributed by atoms with Gasteiger partial charge in [-0.05, 0) is 60.6 Å². The van der Waals surface area contributed by atoms with Gasteiger partial charge in [-0.25, -0.2) is 4.39 Å². The van der Waals surface area contributed by atoms with Crippen molar-refractivity contribution in [2.45, 2.75) is 13.3 Å². The molecule has 0 aliphatic heterocycles. The zero-order valence-electron chi connectivity index (χ0n) is 13.9. The number of H-pyrrole nitrogens is 1. The van der Waals surface area contributed by atoms with Crippen LogP contribution in [0.15, 0.2) is 58.3 Å². The Morgan fingerprint density at radius 1 is 1.19 bits per heavy atom. The van der Waals surface area contributed by atoms with Gasteiger partial charge in [0.2, 0.25) is 5.88 Å². The number of aromatic amines is 1. The van der Waals surface area contributed by atoms with Crippen LogP contribution in [0.25, 0.3) is 5.69 Å². The van der Waals surface area contributed by atoms with Crippen LogP contribution in [0.3, 0.4) is 0 Å². The Morgan fingerprint density at radius 2 is 1.85 bits per heavy atom. The van der Waals surface area contributed by atoms with Gasteiger partial charge in [0.15, 0.2) is 4.77 Å². The average molecular weight is 369 g/mol. The summed E-state index contributed by atoms with van der Waals surface area (Å²) in [7, 11) is 0. The van der Waals surface area contributed by atoms with Crippen molar-refractivity contribution in [2.75, 3.05) is 0 Å². The quantitative estimate of drug-likeness (QED) is 0.538. The maximum Gasteiger partial charge on any atom is 0.264 e. The van der Waals surface area contributed by atoms with E-state index in [1.54, 1.807) is 0 Å². The molecule has 0 radical (unpaired) electrons. The number of hydrogen-bond acceptors (Lipinski definition) is 4. The minimum absolute atomic E-state index is 0.00329. The maximum atomic E-state index is 13.1. The monoisotopic (exact) mass is 369 g/mol. The van der Waals surface area contributed by atoms with Crippen LogP contribution < -0.4 is 5.56 Å². The lowest BCUT2D eigenvalue weighted by Crippen LogP contribution is -2.18. The lowest BCUT2D eigenvalue weighted by molar-refractivity contribution is 0.432. The second-order valence-electron chi connectivity index (χ2n) is 5.59. The van der Waals surface area contributed by atoms with E-state index < -0.39 is 11.4 Å². The summed E-state index contributed by atoms with van der Waals surface area (Å²) < 4.78 is 14.4. The summed E-state index contributed by atoms with van der Waals surface area (Å²) in [5.74, 6) is -0.777. The molecule has 0 aliphatic carbocycles. The molecule has 1 heterocycles. The second kappa shape index (κ2) is 7.45. The lowest BCUT2D eigenvalue weighted by atomic mass is 10.1. The van der Waals surface area contributed by atoms with Crippen LogP contribution in [0.4, 0.5) is 10.1 Å². The Kier molecular flexibility index (Phi) is 5.09. The summed E-state index contributed by atoms with van der Waals surface area (Å²) >= 11 is 5.12. The van der Waals surface area contributed by atoms with Crippen LogP contribution in [-0.4, -0.2) is 20.9 Å². The Morgan fingerprint density at radius 3 is 2.46 bits per heavy atom. The summed E-state index contributed by atoms with van der Waals surface area (Å²) in [4.78, 5) is 18.9. The van der Waals surface area contributed by atoms with E-state index in [4.69, 9.17) is 12.2 Å². The van der Waals surface area contributed by atoms with Crippen LogP contribution in [0.5, 0.6) is 5.88 Å². The molecule has 7 heteroatoms. The largest absolute Gasteiger partial charge is 0.494 e. The van der Waals surface area contributed by atoms with Crippen molar-refractivity contribution in [3.8, 4) is 11.6 Å². The van der Waals surface area contributed by atoms with E-state index >= 15 is 0 Å². The van der Waals surface area contributed by atoms with Crippen molar-refractivity contribution in [1.29, 1.82) is 0 Å². The third-order valence-corrected chi connectivity index (χ3v) is 4.18. The molecule has 26 heavy (non-hydrogen) atoms. The molecule has 0 saturated carbocycles. The molecule has 0 amide bonds. The van der Waals surface area contributed by atoms with Crippen LogP contribution >= 0.6 is 12.2 Å². The molecule has 0 spiro atoms. The second-order valence-corrected chi connectivity index (χ2v) is 5.97. The highest BCUT2D eigenvalue weighted by Crippen LogP contribution is 2.20. The Hall–Kier alpha value is -3.06. The summed E-state index contributed by atoms with van der Waals surface area (Å²) in [6.07, 6.45) is 2.20. The number of nitrogens with one attached hydrogen (secondary N) is 1. The van der Waals surface area contributed by atoms with Gasteiger partial charge in [-0.15, -0.1) is 0 Å².